The summed E-state index contributed by atoms with van der Waals surface area (Å²) in [6.07, 6.45) is 0.958. The van der Waals surface area contributed by atoms with Crippen LogP contribution in [0.2, 0.25) is 0 Å². The zero-order valence-corrected chi connectivity index (χ0v) is 14.2. The molecule has 0 saturated heterocycles. The van der Waals surface area contributed by atoms with Gasteiger partial charge in [0.1, 0.15) is 0 Å². The third-order valence-electron chi connectivity index (χ3n) is 3.63. The van der Waals surface area contributed by atoms with Gasteiger partial charge >= 0.3 is 0 Å². The van der Waals surface area contributed by atoms with Crippen LogP contribution in [0.25, 0.3) is 0 Å². The van der Waals surface area contributed by atoms with E-state index in [0.717, 1.165) is 25.1 Å². The lowest BCUT2D eigenvalue weighted by Gasteiger charge is -2.22. The minimum absolute atomic E-state index is 0. The fraction of sp³-hybridized carbons (Fsp3) is 0.333. The Morgan fingerprint density at radius 1 is 1.04 bits per heavy atom. The maximum Gasteiger partial charge on any atom is 0.165 e. The molecule has 5 heteroatoms. The van der Waals surface area contributed by atoms with Gasteiger partial charge in [-0.1, -0.05) is 36.4 Å². The van der Waals surface area contributed by atoms with Gasteiger partial charge in [-0.3, -0.25) is 4.90 Å². The molecule has 0 bridgehead atoms. The Kier molecular flexibility index (Phi) is 8.62. The first-order valence-electron chi connectivity index (χ1n) is 7.51. The third kappa shape index (κ3) is 6.18. The lowest BCUT2D eigenvalue weighted by molar-refractivity contribution is 0.275. The first-order valence-corrected chi connectivity index (χ1v) is 7.51. The van der Waals surface area contributed by atoms with E-state index in [1.807, 2.05) is 24.3 Å². The Hall–Kier alpha value is -1.62. The fourth-order valence-electron chi connectivity index (χ4n) is 2.45. The van der Waals surface area contributed by atoms with Gasteiger partial charge in [0, 0.05) is 26.2 Å². The molecule has 0 radical (unpaired) electrons. The van der Waals surface area contributed by atoms with E-state index in [4.69, 9.17) is 10.5 Å². The average molecular weight is 339 g/mol. The number of nitrogens with two attached hydrogens (primary N) is 1. The van der Waals surface area contributed by atoms with Gasteiger partial charge in [0.25, 0.3) is 0 Å². The summed E-state index contributed by atoms with van der Waals surface area (Å²) in [5, 5.41) is 0. The molecule has 0 spiro atoms. The zero-order valence-electron chi connectivity index (χ0n) is 13.4. The fourth-order valence-corrected chi connectivity index (χ4v) is 2.45. The van der Waals surface area contributed by atoms with Crippen LogP contribution in [0.4, 0.5) is 4.39 Å². The van der Waals surface area contributed by atoms with E-state index in [1.54, 1.807) is 6.07 Å². The number of ether oxygens (including phenoxy) is 1. The van der Waals surface area contributed by atoms with Crippen molar-refractivity contribution < 1.29 is 9.13 Å². The Bertz CT molecular complexity index is 580. The van der Waals surface area contributed by atoms with E-state index in [0.29, 0.717) is 13.1 Å². The Balaban J connectivity index is 0.00000264. The molecular formula is C18H24ClFN2O. The number of halogens is 2. The maximum atomic E-state index is 13.8. The second-order valence-electron chi connectivity index (χ2n) is 5.27. The molecule has 0 aromatic heterocycles. The van der Waals surface area contributed by atoms with Crippen LogP contribution in [0, 0.1) is 5.82 Å². The highest BCUT2D eigenvalue weighted by Gasteiger charge is 2.08. The highest BCUT2D eigenvalue weighted by molar-refractivity contribution is 5.85. The number of hydrogen-bond donors (Lipinski definition) is 1. The molecular weight excluding hydrogens is 315 g/mol. The van der Waals surface area contributed by atoms with Crippen molar-refractivity contribution in [1.29, 1.82) is 0 Å². The second kappa shape index (κ2) is 10.2. The van der Waals surface area contributed by atoms with Gasteiger partial charge in [-0.25, -0.2) is 4.39 Å². The summed E-state index contributed by atoms with van der Waals surface area (Å²) in [5.74, 6) is -0.0471. The molecule has 0 heterocycles. The first kappa shape index (κ1) is 19.4. The standard InChI is InChI=1S/C18H23FN2O.ClH/c1-22-18-8-7-16(13-17(18)19)14-21(12-10-20)11-9-15-5-3-2-4-6-15;/h2-8,13H,9-12,14,20H2,1H3;1H. The van der Waals surface area contributed by atoms with Crippen LogP contribution >= 0.6 is 12.4 Å². The molecule has 2 aromatic carbocycles. The summed E-state index contributed by atoms with van der Waals surface area (Å²) in [4.78, 5) is 2.24. The lowest BCUT2D eigenvalue weighted by Crippen LogP contribution is -2.31. The summed E-state index contributed by atoms with van der Waals surface area (Å²) in [5.41, 5.74) is 7.92. The smallest absolute Gasteiger partial charge is 0.165 e. The largest absolute Gasteiger partial charge is 0.494 e. The van der Waals surface area contributed by atoms with E-state index in [2.05, 4.69) is 17.0 Å². The van der Waals surface area contributed by atoms with Crippen molar-refractivity contribution >= 4 is 12.4 Å². The molecule has 0 aliphatic rings. The van der Waals surface area contributed by atoms with Crippen molar-refractivity contribution in [1.82, 2.24) is 4.90 Å². The summed E-state index contributed by atoms with van der Waals surface area (Å²) in [6, 6.07) is 15.4. The first-order chi connectivity index (χ1) is 10.7. The van der Waals surface area contributed by atoms with Crippen LogP contribution in [-0.2, 0) is 13.0 Å². The Morgan fingerprint density at radius 3 is 2.39 bits per heavy atom. The highest BCUT2D eigenvalue weighted by atomic mass is 35.5. The van der Waals surface area contributed by atoms with Gasteiger partial charge < -0.3 is 10.5 Å². The Labute approximate surface area is 143 Å². The molecule has 0 fully saturated rings. The van der Waals surface area contributed by atoms with Gasteiger partial charge in [-0.05, 0) is 29.7 Å². The molecule has 0 amide bonds. The molecule has 126 valence electrons. The summed E-state index contributed by atoms with van der Waals surface area (Å²) in [7, 11) is 1.47. The van der Waals surface area contributed by atoms with Gasteiger partial charge in [0.15, 0.2) is 11.6 Å². The summed E-state index contributed by atoms with van der Waals surface area (Å²) in [6.45, 7) is 2.97. The number of benzene rings is 2. The number of methoxy groups -OCH3 is 1. The zero-order chi connectivity index (χ0) is 15.8. The molecule has 0 unspecified atom stereocenters. The molecule has 2 aromatic rings. The molecule has 23 heavy (non-hydrogen) atoms. The summed E-state index contributed by atoms with van der Waals surface area (Å²) >= 11 is 0. The van der Waals surface area contributed by atoms with E-state index in [1.165, 1.54) is 18.7 Å². The van der Waals surface area contributed by atoms with Crippen molar-refractivity contribution in [3.63, 3.8) is 0 Å². The predicted molar refractivity (Wildman–Crippen MR) is 94.7 cm³/mol. The van der Waals surface area contributed by atoms with Crippen LogP contribution in [0.3, 0.4) is 0 Å². The molecule has 0 saturated carbocycles. The molecule has 2 rings (SSSR count). The number of hydrogen-bond acceptors (Lipinski definition) is 3. The molecule has 3 nitrogen and oxygen atoms in total. The SMILES string of the molecule is COc1ccc(CN(CCN)CCc2ccccc2)cc1F.Cl. The molecule has 0 aliphatic heterocycles. The van der Waals surface area contributed by atoms with Crippen LogP contribution in [-0.4, -0.2) is 31.6 Å². The van der Waals surface area contributed by atoms with E-state index in [-0.39, 0.29) is 24.0 Å². The quantitative estimate of drug-likeness (QED) is 0.803. The Morgan fingerprint density at radius 2 is 1.78 bits per heavy atom. The van der Waals surface area contributed by atoms with Gasteiger partial charge in [0.05, 0.1) is 7.11 Å². The van der Waals surface area contributed by atoms with Crippen LogP contribution in [0.15, 0.2) is 48.5 Å². The van der Waals surface area contributed by atoms with Crippen LogP contribution < -0.4 is 10.5 Å². The minimum atomic E-state index is -0.323. The third-order valence-corrected chi connectivity index (χ3v) is 3.63. The topological polar surface area (TPSA) is 38.5 Å². The van der Waals surface area contributed by atoms with E-state index in [9.17, 15) is 4.39 Å². The monoisotopic (exact) mass is 338 g/mol. The van der Waals surface area contributed by atoms with Crippen molar-refractivity contribution in [2.75, 3.05) is 26.7 Å². The number of nitrogens with zero attached hydrogens (tertiary/aromatic N) is 1. The van der Waals surface area contributed by atoms with Gasteiger partial charge in [-0.15, -0.1) is 12.4 Å². The molecule has 2 N–H and O–H groups in total. The summed E-state index contributed by atoms with van der Waals surface area (Å²) < 4.78 is 18.7. The van der Waals surface area contributed by atoms with E-state index < -0.39 is 0 Å². The normalized spacial score (nSPS) is 10.4. The second-order valence-corrected chi connectivity index (χ2v) is 5.27. The predicted octanol–water partition coefficient (Wildman–Crippen LogP) is 3.26. The molecule has 0 aliphatic carbocycles. The van der Waals surface area contributed by atoms with Gasteiger partial charge in [-0.2, -0.15) is 0 Å². The van der Waals surface area contributed by atoms with E-state index >= 15 is 0 Å². The maximum absolute atomic E-state index is 13.8. The van der Waals surface area contributed by atoms with Crippen LogP contribution in [0.1, 0.15) is 11.1 Å². The minimum Gasteiger partial charge on any atom is -0.494 e. The van der Waals surface area contributed by atoms with Gasteiger partial charge in [0.2, 0.25) is 0 Å². The van der Waals surface area contributed by atoms with Crippen molar-refractivity contribution in [2.45, 2.75) is 13.0 Å². The van der Waals surface area contributed by atoms with Crippen molar-refractivity contribution in [2.24, 2.45) is 5.73 Å². The lowest BCUT2D eigenvalue weighted by atomic mass is 10.1. The number of rotatable bonds is 8. The van der Waals surface area contributed by atoms with Crippen molar-refractivity contribution in [3.05, 3.63) is 65.5 Å². The highest BCUT2D eigenvalue weighted by Crippen LogP contribution is 2.18. The molecule has 0 atom stereocenters. The average Bonchev–Trinajstić information content (AvgIpc) is 2.54. The van der Waals surface area contributed by atoms with Crippen LogP contribution in [0.5, 0.6) is 5.75 Å². The van der Waals surface area contributed by atoms with Crippen molar-refractivity contribution in [3.8, 4) is 5.75 Å².